The molecule has 4 heteroatoms. The lowest BCUT2D eigenvalue weighted by molar-refractivity contribution is 0.101. The number of hydrogen-bond acceptors (Lipinski definition) is 1. The quantitative estimate of drug-likeness (QED) is 0.822. The van der Waals surface area contributed by atoms with Gasteiger partial charge in [0, 0.05) is 11.3 Å². The zero-order valence-corrected chi connectivity index (χ0v) is 9.78. The van der Waals surface area contributed by atoms with Crippen LogP contribution in [0.4, 0.5) is 14.5 Å². The van der Waals surface area contributed by atoms with E-state index in [-0.39, 0.29) is 0 Å². The van der Waals surface area contributed by atoms with E-state index in [0.29, 0.717) is 11.3 Å². The van der Waals surface area contributed by atoms with Crippen molar-refractivity contribution in [3.63, 3.8) is 0 Å². The van der Waals surface area contributed by atoms with Crippen molar-refractivity contribution >= 4 is 11.6 Å². The van der Waals surface area contributed by atoms with Gasteiger partial charge in [0.2, 0.25) is 0 Å². The standard InChI is InChI=1S/C15H9F2NO/c1-2-10-6-8-11(9-7-10)18-15(19)14-12(16)4-3-5-13(14)17/h1,3-9H,(H,18,19). The summed E-state index contributed by atoms with van der Waals surface area (Å²) in [4.78, 5) is 11.8. The highest BCUT2D eigenvalue weighted by Gasteiger charge is 2.16. The number of rotatable bonds is 2. The van der Waals surface area contributed by atoms with Crippen molar-refractivity contribution in [1.82, 2.24) is 0 Å². The van der Waals surface area contributed by atoms with Gasteiger partial charge in [-0.1, -0.05) is 12.0 Å². The van der Waals surface area contributed by atoms with E-state index >= 15 is 0 Å². The molecule has 0 spiro atoms. The highest BCUT2D eigenvalue weighted by Crippen LogP contribution is 2.15. The van der Waals surface area contributed by atoms with Crippen molar-refractivity contribution < 1.29 is 13.6 Å². The minimum absolute atomic E-state index is 0.409. The monoisotopic (exact) mass is 257 g/mol. The summed E-state index contributed by atoms with van der Waals surface area (Å²) in [5.74, 6) is -0.228. The van der Waals surface area contributed by atoms with Crippen LogP contribution in [0.25, 0.3) is 0 Å². The van der Waals surface area contributed by atoms with Gasteiger partial charge < -0.3 is 5.32 Å². The summed E-state index contributed by atoms with van der Waals surface area (Å²) < 4.78 is 26.8. The molecule has 2 aromatic rings. The van der Waals surface area contributed by atoms with Gasteiger partial charge in [0.1, 0.15) is 17.2 Å². The normalized spacial score (nSPS) is 9.74. The lowest BCUT2D eigenvalue weighted by Crippen LogP contribution is -2.15. The van der Waals surface area contributed by atoms with E-state index in [4.69, 9.17) is 6.42 Å². The van der Waals surface area contributed by atoms with Crippen LogP contribution in [-0.2, 0) is 0 Å². The first-order valence-corrected chi connectivity index (χ1v) is 5.44. The number of terminal acetylenes is 1. The van der Waals surface area contributed by atoms with Crippen LogP contribution in [-0.4, -0.2) is 5.91 Å². The Hall–Kier alpha value is -2.67. The molecule has 2 rings (SSSR count). The summed E-state index contributed by atoms with van der Waals surface area (Å²) in [5.41, 5.74) is 0.449. The van der Waals surface area contributed by atoms with Crippen molar-refractivity contribution in [1.29, 1.82) is 0 Å². The number of hydrogen-bond donors (Lipinski definition) is 1. The number of nitrogens with one attached hydrogen (secondary N) is 1. The maximum absolute atomic E-state index is 13.4. The molecule has 2 aromatic carbocycles. The van der Waals surface area contributed by atoms with E-state index in [2.05, 4.69) is 11.2 Å². The molecule has 0 saturated carbocycles. The van der Waals surface area contributed by atoms with E-state index in [1.165, 1.54) is 6.07 Å². The molecule has 0 fully saturated rings. The number of carbonyl (C=O) groups is 1. The predicted octanol–water partition coefficient (Wildman–Crippen LogP) is 3.20. The first kappa shape index (κ1) is 12.8. The highest BCUT2D eigenvalue weighted by molar-refractivity contribution is 6.04. The Morgan fingerprint density at radius 3 is 2.16 bits per heavy atom. The number of amides is 1. The highest BCUT2D eigenvalue weighted by atomic mass is 19.1. The largest absolute Gasteiger partial charge is 0.322 e. The van der Waals surface area contributed by atoms with Crippen LogP contribution in [0.3, 0.4) is 0 Å². The van der Waals surface area contributed by atoms with E-state index in [0.717, 1.165) is 12.1 Å². The Morgan fingerprint density at radius 2 is 1.63 bits per heavy atom. The summed E-state index contributed by atoms with van der Waals surface area (Å²) in [6.07, 6.45) is 5.20. The molecule has 0 aliphatic heterocycles. The molecule has 0 aliphatic rings. The zero-order valence-electron chi connectivity index (χ0n) is 9.78. The number of carbonyl (C=O) groups excluding carboxylic acids is 1. The Bertz CT molecular complexity index is 637. The minimum Gasteiger partial charge on any atom is -0.322 e. The van der Waals surface area contributed by atoms with Gasteiger partial charge in [0.05, 0.1) is 0 Å². The third kappa shape index (κ3) is 2.78. The lowest BCUT2D eigenvalue weighted by atomic mass is 10.1. The fourth-order valence-corrected chi connectivity index (χ4v) is 1.56. The smallest absolute Gasteiger partial charge is 0.261 e. The molecule has 0 saturated heterocycles. The average Bonchev–Trinajstić information content (AvgIpc) is 2.39. The van der Waals surface area contributed by atoms with Crippen LogP contribution >= 0.6 is 0 Å². The molecule has 94 valence electrons. The maximum Gasteiger partial charge on any atom is 0.261 e. The lowest BCUT2D eigenvalue weighted by Gasteiger charge is -2.07. The fourth-order valence-electron chi connectivity index (χ4n) is 1.56. The van der Waals surface area contributed by atoms with Crippen molar-refractivity contribution in [3.05, 3.63) is 65.2 Å². The molecule has 0 bridgehead atoms. The second-order valence-electron chi connectivity index (χ2n) is 3.77. The predicted molar refractivity (Wildman–Crippen MR) is 68.7 cm³/mol. The molecule has 0 atom stereocenters. The SMILES string of the molecule is C#Cc1ccc(NC(=O)c2c(F)cccc2F)cc1. The summed E-state index contributed by atoms with van der Waals surface area (Å²) in [6, 6.07) is 9.61. The number of anilines is 1. The summed E-state index contributed by atoms with van der Waals surface area (Å²) in [7, 11) is 0. The van der Waals surface area contributed by atoms with Crippen molar-refractivity contribution in [2.75, 3.05) is 5.32 Å². The van der Waals surface area contributed by atoms with Crippen molar-refractivity contribution in [2.45, 2.75) is 0 Å². The fraction of sp³-hybridized carbons (Fsp3) is 0. The molecule has 19 heavy (non-hydrogen) atoms. The van der Waals surface area contributed by atoms with Gasteiger partial charge in [-0.15, -0.1) is 6.42 Å². The van der Waals surface area contributed by atoms with Gasteiger partial charge in [0.25, 0.3) is 5.91 Å². The Balaban J connectivity index is 2.23. The van der Waals surface area contributed by atoms with E-state index < -0.39 is 23.1 Å². The van der Waals surface area contributed by atoms with Crippen LogP contribution in [0.1, 0.15) is 15.9 Å². The van der Waals surface area contributed by atoms with Gasteiger partial charge in [-0.25, -0.2) is 8.78 Å². The van der Waals surface area contributed by atoms with Gasteiger partial charge in [-0.05, 0) is 36.4 Å². The second kappa shape index (κ2) is 5.32. The van der Waals surface area contributed by atoms with Gasteiger partial charge in [-0.2, -0.15) is 0 Å². The van der Waals surface area contributed by atoms with Gasteiger partial charge in [-0.3, -0.25) is 4.79 Å². The third-order valence-corrected chi connectivity index (χ3v) is 2.50. The molecule has 1 N–H and O–H groups in total. The van der Waals surface area contributed by atoms with Gasteiger partial charge in [0.15, 0.2) is 0 Å². The van der Waals surface area contributed by atoms with Crippen LogP contribution in [0, 0.1) is 24.0 Å². The molecule has 0 radical (unpaired) electrons. The molecule has 2 nitrogen and oxygen atoms in total. The molecule has 0 aromatic heterocycles. The maximum atomic E-state index is 13.4. The zero-order chi connectivity index (χ0) is 13.8. The minimum atomic E-state index is -0.905. The van der Waals surface area contributed by atoms with Crippen LogP contribution in [0.5, 0.6) is 0 Å². The molecule has 1 amide bonds. The Morgan fingerprint density at radius 1 is 1.05 bits per heavy atom. The average molecular weight is 257 g/mol. The van der Waals surface area contributed by atoms with Crippen LogP contribution < -0.4 is 5.32 Å². The third-order valence-electron chi connectivity index (χ3n) is 2.50. The molecule has 0 heterocycles. The molecular formula is C15H9F2NO. The Labute approximate surface area is 109 Å². The topological polar surface area (TPSA) is 29.1 Å². The first-order valence-electron chi connectivity index (χ1n) is 5.44. The number of halogens is 2. The summed E-state index contributed by atoms with van der Waals surface area (Å²) >= 11 is 0. The summed E-state index contributed by atoms with van der Waals surface area (Å²) in [5, 5.41) is 2.40. The molecule has 0 unspecified atom stereocenters. The van der Waals surface area contributed by atoms with E-state index in [1.807, 2.05) is 0 Å². The van der Waals surface area contributed by atoms with Crippen molar-refractivity contribution in [2.24, 2.45) is 0 Å². The summed E-state index contributed by atoms with van der Waals surface area (Å²) in [6.45, 7) is 0. The van der Waals surface area contributed by atoms with Gasteiger partial charge >= 0.3 is 0 Å². The number of benzene rings is 2. The van der Waals surface area contributed by atoms with E-state index in [9.17, 15) is 13.6 Å². The van der Waals surface area contributed by atoms with Crippen LogP contribution in [0.15, 0.2) is 42.5 Å². The first-order chi connectivity index (χ1) is 9.11. The molecule has 0 aliphatic carbocycles. The van der Waals surface area contributed by atoms with Crippen molar-refractivity contribution in [3.8, 4) is 12.3 Å². The van der Waals surface area contributed by atoms with Crippen LogP contribution in [0.2, 0.25) is 0 Å². The Kier molecular flexibility index (Phi) is 3.58. The van der Waals surface area contributed by atoms with E-state index in [1.54, 1.807) is 24.3 Å². The molecular weight excluding hydrogens is 248 g/mol. The second-order valence-corrected chi connectivity index (χ2v) is 3.77.